The molecule has 1 aromatic carbocycles. The predicted molar refractivity (Wildman–Crippen MR) is 151 cm³/mol. The van der Waals surface area contributed by atoms with Crippen LogP contribution in [0.15, 0.2) is 24.3 Å². The number of carbonyl (C=O) groups is 2. The molecule has 1 aliphatic carbocycles. The van der Waals surface area contributed by atoms with Crippen molar-refractivity contribution in [1.29, 1.82) is 0 Å². The van der Waals surface area contributed by atoms with E-state index in [1.54, 1.807) is 19.0 Å². The van der Waals surface area contributed by atoms with Crippen molar-refractivity contribution in [3.8, 4) is 11.3 Å². The van der Waals surface area contributed by atoms with E-state index in [1.807, 2.05) is 24.3 Å². The second-order valence-corrected chi connectivity index (χ2v) is 11.9. The highest BCUT2D eigenvalue weighted by atomic mass is 35.5. The minimum absolute atomic E-state index is 0.0689. The van der Waals surface area contributed by atoms with Crippen LogP contribution in [0.2, 0.25) is 5.02 Å². The van der Waals surface area contributed by atoms with Crippen molar-refractivity contribution >= 4 is 40.7 Å². The summed E-state index contributed by atoms with van der Waals surface area (Å²) in [7, 11) is 3.59. The third-order valence-electron chi connectivity index (χ3n) is 8.30. The van der Waals surface area contributed by atoms with Crippen LogP contribution < -0.4 is 15.7 Å². The van der Waals surface area contributed by atoms with Gasteiger partial charge >= 0.3 is 6.09 Å². The van der Waals surface area contributed by atoms with Crippen LogP contribution in [0.4, 0.5) is 10.7 Å². The molecule has 2 N–H and O–H groups in total. The van der Waals surface area contributed by atoms with E-state index in [9.17, 15) is 9.59 Å². The fourth-order valence-corrected chi connectivity index (χ4v) is 6.33. The molecule has 3 fully saturated rings. The number of halogens is 1. The molecule has 0 spiro atoms. The van der Waals surface area contributed by atoms with Crippen molar-refractivity contribution in [3.63, 3.8) is 0 Å². The number of aromatic nitrogens is 4. The highest BCUT2D eigenvalue weighted by Crippen LogP contribution is 2.37. The van der Waals surface area contributed by atoms with Crippen molar-refractivity contribution in [3.05, 3.63) is 35.1 Å². The van der Waals surface area contributed by atoms with Crippen LogP contribution in [0.3, 0.4) is 0 Å². The lowest BCUT2D eigenvalue weighted by molar-refractivity contribution is -0.129. The summed E-state index contributed by atoms with van der Waals surface area (Å²) in [5, 5.41) is 3.28. The summed E-state index contributed by atoms with van der Waals surface area (Å²) in [6, 6.07) is 7.26. The lowest BCUT2D eigenvalue weighted by Crippen LogP contribution is -2.44. The molecule has 2 aliphatic heterocycles. The number of nitrogens with one attached hydrogen (secondary N) is 2. The molecular formula is C28H35ClN8O3. The normalized spacial score (nSPS) is 24.8. The van der Waals surface area contributed by atoms with E-state index in [1.165, 1.54) is 12.8 Å². The van der Waals surface area contributed by atoms with E-state index < -0.39 is 12.3 Å². The molecule has 0 bridgehead atoms. The van der Waals surface area contributed by atoms with E-state index in [-0.39, 0.29) is 11.9 Å². The lowest BCUT2D eigenvalue weighted by Gasteiger charge is -2.30. The molecule has 40 heavy (non-hydrogen) atoms. The molecule has 2 aromatic heterocycles. The number of likely N-dealkylation sites (N-methyl/N-ethyl adjacent to an activating group) is 1. The first-order valence-corrected chi connectivity index (χ1v) is 14.4. The Kier molecular flexibility index (Phi) is 7.26. The maximum Gasteiger partial charge on any atom is 0.427 e. The van der Waals surface area contributed by atoms with E-state index >= 15 is 0 Å². The maximum absolute atomic E-state index is 13.2. The molecule has 212 valence electrons. The van der Waals surface area contributed by atoms with E-state index in [2.05, 4.69) is 27.2 Å². The number of anilines is 1. The second kappa shape index (κ2) is 10.9. The van der Waals surface area contributed by atoms with Gasteiger partial charge in [0.05, 0.1) is 0 Å². The van der Waals surface area contributed by atoms with Gasteiger partial charge in [0.25, 0.3) is 0 Å². The zero-order valence-corrected chi connectivity index (χ0v) is 23.8. The van der Waals surface area contributed by atoms with Gasteiger partial charge in [-0.3, -0.25) is 10.1 Å². The van der Waals surface area contributed by atoms with Crippen LogP contribution in [-0.2, 0) is 16.2 Å². The first-order valence-electron chi connectivity index (χ1n) is 14.0. The van der Waals surface area contributed by atoms with Crippen LogP contribution >= 0.6 is 11.6 Å². The third-order valence-corrected chi connectivity index (χ3v) is 8.53. The molecule has 1 unspecified atom stereocenters. The Labute approximate surface area is 238 Å². The van der Waals surface area contributed by atoms with Gasteiger partial charge in [-0.15, -0.1) is 5.48 Å². The summed E-state index contributed by atoms with van der Waals surface area (Å²) in [6.45, 7) is 3.81. The number of imidazole rings is 1. The molecule has 12 heteroatoms. The number of hydroxylamine groups is 1. The molecular weight excluding hydrogens is 532 g/mol. The van der Waals surface area contributed by atoms with E-state index in [0.717, 1.165) is 61.7 Å². The molecule has 2 atom stereocenters. The van der Waals surface area contributed by atoms with Crippen molar-refractivity contribution in [2.45, 2.75) is 64.2 Å². The molecule has 3 aromatic rings. The van der Waals surface area contributed by atoms with Crippen molar-refractivity contribution < 1.29 is 14.4 Å². The number of rotatable bonds is 6. The van der Waals surface area contributed by atoms with Crippen molar-refractivity contribution in [1.82, 2.24) is 35.2 Å². The lowest BCUT2D eigenvalue weighted by atomic mass is 9.83. The largest absolute Gasteiger partial charge is 0.427 e. The average molecular weight is 567 g/mol. The topological polar surface area (TPSA) is 118 Å². The highest BCUT2D eigenvalue weighted by Gasteiger charge is 2.37. The first-order chi connectivity index (χ1) is 19.3. The third kappa shape index (κ3) is 5.08. The van der Waals surface area contributed by atoms with E-state index in [4.69, 9.17) is 31.4 Å². The Balaban J connectivity index is 1.54. The van der Waals surface area contributed by atoms with Gasteiger partial charge in [0.15, 0.2) is 17.6 Å². The number of nitrogens with zero attached hydrogens (tertiary/aromatic N) is 6. The van der Waals surface area contributed by atoms with Gasteiger partial charge in [-0.25, -0.2) is 14.8 Å². The minimum Gasteiger partial charge on any atom is -0.351 e. The Bertz CT molecular complexity index is 1430. The Morgan fingerprint density at radius 2 is 1.95 bits per heavy atom. The summed E-state index contributed by atoms with van der Waals surface area (Å²) in [5.74, 6) is 2.35. The number of amides is 2. The number of carbonyl (C=O) groups excluding carboxylic acids is 2. The molecule has 11 nitrogen and oxygen atoms in total. The zero-order valence-electron chi connectivity index (χ0n) is 23.1. The Morgan fingerprint density at radius 1 is 1.15 bits per heavy atom. The molecule has 4 heterocycles. The molecule has 0 radical (unpaired) electrons. The monoisotopic (exact) mass is 566 g/mol. The minimum atomic E-state index is -0.724. The Morgan fingerprint density at radius 3 is 2.65 bits per heavy atom. The van der Waals surface area contributed by atoms with Gasteiger partial charge in [0, 0.05) is 37.8 Å². The first kappa shape index (κ1) is 26.8. The standard InChI is InChI=1S/C28H35ClN8O3/c1-16-9-11-17(12-10-16)15-37-22-21(18-6-4-7-19(29)14-18)30-24(25-33-28(39)40-34-25)31-23(22)32-27(37)36-13-5-8-20(36)26(38)35(2)3/h4,6-7,14,16-17,20,25,34H,5,8-13,15H2,1-3H3,(H,33,39)/t16?,17?,20-,25?/m0/s1. The SMILES string of the molecule is CC1CCC(Cn2c(N3CCC[C@H]3C(=O)N(C)C)nc3nc(C4NOC(=O)N4)nc(-c4cccc(Cl)c4)c32)CC1. The van der Waals surface area contributed by atoms with Gasteiger partial charge in [-0.05, 0) is 49.7 Å². The van der Waals surface area contributed by atoms with Crippen LogP contribution in [-0.4, -0.2) is 63.1 Å². The number of hydrogen-bond acceptors (Lipinski definition) is 8. The van der Waals surface area contributed by atoms with Crippen LogP contribution in [0.25, 0.3) is 22.4 Å². The summed E-state index contributed by atoms with van der Waals surface area (Å²) in [6.07, 6.45) is 5.04. The molecule has 6 rings (SSSR count). The predicted octanol–water partition coefficient (Wildman–Crippen LogP) is 4.27. The van der Waals surface area contributed by atoms with E-state index in [0.29, 0.717) is 28.1 Å². The van der Waals surface area contributed by atoms with Gasteiger partial charge in [-0.1, -0.05) is 43.5 Å². The summed E-state index contributed by atoms with van der Waals surface area (Å²) in [4.78, 5) is 48.5. The Hall–Kier alpha value is -3.44. The number of benzene rings is 1. The molecule has 2 amide bonds. The number of fused-ring (bicyclic) bond motifs is 1. The summed E-state index contributed by atoms with van der Waals surface area (Å²) < 4.78 is 2.23. The van der Waals surface area contributed by atoms with Gasteiger partial charge in [-0.2, -0.15) is 4.98 Å². The molecule has 1 saturated carbocycles. The second-order valence-electron chi connectivity index (χ2n) is 11.4. The summed E-state index contributed by atoms with van der Waals surface area (Å²) >= 11 is 6.43. The molecule has 2 saturated heterocycles. The fourth-order valence-electron chi connectivity index (χ4n) is 6.14. The fraction of sp³-hybridized carbons (Fsp3) is 0.536. The van der Waals surface area contributed by atoms with Gasteiger partial charge < -0.3 is 19.2 Å². The number of hydrogen-bond donors (Lipinski definition) is 2. The van der Waals surface area contributed by atoms with Gasteiger partial charge in [0.2, 0.25) is 11.9 Å². The smallest absolute Gasteiger partial charge is 0.351 e. The quantitative estimate of drug-likeness (QED) is 0.454. The van der Waals surface area contributed by atoms with Crippen molar-refractivity contribution in [2.24, 2.45) is 11.8 Å². The van der Waals surface area contributed by atoms with Crippen LogP contribution in [0.1, 0.15) is 57.4 Å². The average Bonchev–Trinajstić information content (AvgIpc) is 3.67. The summed E-state index contributed by atoms with van der Waals surface area (Å²) in [5.41, 5.74) is 5.44. The van der Waals surface area contributed by atoms with Gasteiger partial charge in [0.1, 0.15) is 17.3 Å². The zero-order chi connectivity index (χ0) is 28.0. The van der Waals surface area contributed by atoms with Crippen LogP contribution in [0.5, 0.6) is 0 Å². The van der Waals surface area contributed by atoms with Crippen LogP contribution in [0, 0.1) is 11.8 Å². The molecule has 3 aliphatic rings. The van der Waals surface area contributed by atoms with Crippen molar-refractivity contribution in [2.75, 3.05) is 25.5 Å². The highest BCUT2D eigenvalue weighted by molar-refractivity contribution is 6.30. The maximum atomic E-state index is 13.2.